The fraction of sp³-hybridized carbons (Fsp3) is 0.222. The molecule has 148 valence electrons. The Labute approximate surface area is 166 Å². The van der Waals surface area contributed by atoms with Crippen molar-refractivity contribution in [1.82, 2.24) is 0 Å². The molecule has 0 fully saturated rings. The highest BCUT2D eigenvalue weighted by atomic mass is 35.5. The van der Waals surface area contributed by atoms with Gasteiger partial charge in [0.05, 0.1) is 30.0 Å². The van der Waals surface area contributed by atoms with Gasteiger partial charge in [-0.05, 0) is 35.4 Å². The number of rotatable bonds is 4. The maximum Gasteiger partial charge on any atom is 0.309 e. The van der Waals surface area contributed by atoms with Crippen molar-refractivity contribution in [2.75, 3.05) is 14.2 Å². The monoisotopic (exact) mass is 418 g/mol. The summed E-state index contributed by atoms with van der Waals surface area (Å²) in [5, 5.41) is 33.9. The number of aliphatic carboxylic acids is 1. The van der Waals surface area contributed by atoms with E-state index in [-0.39, 0.29) is 40.4 Å². The highest BCUT2D eigenvalue weighted by Gasteiger charge is 2.05. The molecule has 0 aromatic heterocycles. The number of ether oxygens (including phenoxy) is 1. The van der Waals surface area contributed by atoms with Crippen molar-refractivity contribution in [2.45, 2.75) is 12.8 Å². The van der Waals surface area contributed by atoms with Gasteiger partial charge >= 0.3 is 11.9 Å². The van der Waals surface area contributed by atoms with Crippen LogP contribution in [-0.2, 0) is 27.2 Å². The van der Waals surface area contributed by atoms with E-state index in [1.54, 1.807) is 6.07 Å². The van der Waals surface area contributed by atoms with Crippen molar-refractivity contribution >= 4 is 35.1 Å². The van der Waals surface area contributed by atoms with Crippen LogP contribution < -0.4 is 0 Å². The lowest BCUT2D eigenvalue weighted by Crippen LogP contribution is -2.04. The number of aromatic hydroxyl groups is 2. The number of carbonyl (C=O) groups excluding carboxylic acids is 1. The maximum atomic E-state index is 10.8. The summed E-state index contributed by atoms with van der Waals surface area (Å²) < 4.78 is 4.48. The third-order valence-electron chi connectivity index (χ3n) is 2.96. The number of aliphatic hydroxyl groups is 1. The molecule has 0 bridgehead atoms. The van der Waals surface area contributed by atoms with Crippen molar-refractivity contribution in [3.8, 4) is 11.5 Å². The summed E-state index contributed by atoms with van der Waals surface area (Å²) in [6.07, 6.45) is 0.0799. The van der Waals surface area contributed by atoms with Crippen LogP contribution in [0, 0.1) is 0 Å². The van der Waals surface area contributed by atoms with Crippen LogP contribution in [0.5, 0.6) is 11.5 Å². The smallest absolute Gasteiger partial charge is 0.309 e. The quantitative estimate of drug-likeness (QED) is 0.562. The van der Waals surface area contributed by atoms with Crippen molar-refractivity contribution < 1.29 is 34.8 Å². The average Bonchev–Trinajstić information content (AvgIpc) is 2.63. The zero-order valence-corrected chi connectivity index (χ0v) is 16.2. The molecule has 0 unspecified atom stereocenters. The number of benzene rings is 2. The summed E-state index contributed by atoms with van der Waals surface area (Å²) in [7, 11) is 2.32. The van der Waals surface area contributed by atoms with Crippen LogP contribution in [0.4, 0.5) is 0 Å². The SMILES string of the molecule is CO.COC(=O)Cc1ccc(O)c(Cl)c1.O=C(O)Cc1ccc(O)c(Cl)c1. The number of halogens is 2. The predicted molar refractivity (Wildman–Crippen MR) is 101 cm³/mol. The van der Waals surface area contributed by atoms with E-state index in [0.29, 0.717) is 5.56 Å². The highest BCUT2D eigenvalue weighted by Crippen LogP contribution is 2.24. The Hall–Kier alpha value is -2.48. The molecule has 0 aliphatic heterocycles. The van der Waals surface area contributed by atoms with Gasteiger partial charge in [-0.1, -0.05) is 35.3 Å². The molecule has 2 rings (SSSR count). The van der Waals surface area contributed by atoms with Gasteiger partial charge < -0.3 is 25.2 Å². The van der Waals surface area contributed by atoms with E-state index in [4.69, 9.17) is 43.6 Å². The lowest BCUT2D eigenvalue weighted by molar-refractivity contribution is -0.140. The van der Waals surface area contributed by atoms with Gasteiger partial charge in [-0.3, -0.25) is 9.59 Å². The molecule has 0 heterocycles. The summed E-state index contributed by atoms with van der Waals surface area (Å²) in [6.45, 7) is 0. The van der Waals surface area contributed by atoms with E-state index >= 15 is 0 Å². The third kappa shape index (κ3) is 9.69. The van der Waals surface area contributed by atoms with Gasteiger partial charge in [0.1, 0.15) is 11.5 Å². The average molecular weight is 419 g/mol. The molecule has 7 nitrogen and oxygen atoms in total. The van der Waals surface area contributed by atoms with Crippen LogP contribution in [0.25, 0.3) is 0 Å². The number of esters is 1. The molecule has 0 amide bonds. The third-order valence-corrected chi connectivity index (χ3v) is 3.56. The number of hydrogen-bond donors (Lipinski definition) is 4. The molecule has 0 radical (unpaired) electrons. The Morgan fingerprint density at radius 1 is 0.889 bits per heavy atom. The number of carboxylic acids is 1. The topological polar surface area (TPSA) is 124 Å². The van der Waals surface area contributed by atoms with E-state index in [1.165, 1.54) is 37.4 Å². The van der Waals surface area contributed by atoms with Crippen molar-refractivity contribution in [3.63, 3.8) is 0 Å². The molecule has 0 atom stereocenters. The maximum absolute atomic E-state index is 10.8. The number of aliphatic hydroxyl groups excluding tert-OH is 1. The second-order valence-corrected chi connectivity index (χ2v) is 5.71. The Bertz CT molecular complexity index is 763. The van der Waals surface area contributed by atoms with E-state index in [2.05, 4.69) is 4.74 Å². The first-order chi connectivity index (χ1) is 12.7. The van der Waals surface area contributed by atoms with Crippen LogP contribution >= 0.6 is 23.2 Å². The standard InChI is InChI=1S/C9H9ClO3.C8H7ClO3.CH4O/c1-13-9(12)5-6-2-3-8(11)7(10)4-6;9-6-3-5(4-8(11)12)1-2-7(6)10;1-2/h2-4,11H,5H2,1H3;1-3,10H,4H2,(H,11,12);2H,1H3. The normalized spacial score (nSPS) is 9.22. The van der Waals surface area contributed by atoms with E-state index in [1.807, 2.05) is 0 Å². The minimum absolute atomic E-state index is 0.00952. The minimum atomic E-state index is -0.920. The van der Waals surface area contributed by atoms with Crippen LogP contribution in [0.3, 0.4) is 0 Å². The molecule has 0 saturated heterocycles. The number of carboxylic acid groups (broad SMARTS) is 1. The van der Waals surface area contributed by atoms with Crippen LogP contribution in [0.15, 0.2) is 36.4 Å². The van der Waals surface area contributed by atoms with E-state index < -0.39 is 5.97 Å². The minimum Gasteiger partial charge on any atom is -0.506 e. The van der Waals surface area contributed by atoms with Crippen molar-refractivity contribution in [3.05, 3.63) is 57.6 Å². The predicted octanol–water partition coefficient (Wildman–Crippen LogP) is 3.04. The Morgan fingerprint density at radius 2 is 1.30 bits per heavy atom. The zero-order chi connectivity index (χ0) is 21.0. The molecule has 2 aromatic carbocycles. The van der Waals surface area contributed by atoms with Gasteiger partial charge in [-0.15, -0.1) is 0 Å². The summed E-state index contributed by atoms with van der Waals surface area (Å²) in [5.41, 5.74) is 1.29. The molecule has 0 aliphatic rings. The molecule has 9 heteroatoms. The van der Waals surface area contributed by atoms with Crippen LogP contribution in [-0.4, -0.2) is 46.6 Å². The van der Waals surface area contributed by atoms with E-state index in [0.717, 1.165) is 12.7 Å². The Balaban J connectivity index is 0.000000460. The largest absolute Gasteiger partial charge is 0.506 e. The summed E-state index contributed by atoms with van der Waals surface area (Å²) in [4.78, 5) is 21.1. The first-order valence-electron chi connectivity index (χ1n) is 7.41. The second-order valence-electron chi connectivity index (χ2n) is 4.89. The Kier molecular flexibility index (Phi) is 11.6. The first kappa shape index (κ1) is 24.5. The summed E-state index contributed by atoms with van der Waals surface area (Å²) in [5.74, 6) is -1.28. The molecule has 0 aliphatic carbocycles. The fourth-order valence-corrected chi connectivity index (χ4v) is 2.14. The Morgan fingerprint density at radius 3 is 1.63 bits per heavy atom. The van der Waals surface area contributed by atoms with Gasteiger partial charge in [-0.25, -0.2) is 0 Å². The van der Waals surface area contributed by atoms with Crippen molar-refractivity contribution in [2.24, 2.45) is 0 Å². The van der Waals surface area contributed by atoms with Gasteiger partial charge in [0.25, 0.3) is 0 Å². The molecular formula is C18H20Cl2O7. The lowest BCUT2D eigenvalue weighted by atomic mass is 10.1. The molecule has 0 saturated carbocycles. The van der Waals surface area contributed by atoms with Crippen molar-refractivity contribution in [1.29, 1.82) is 0 Å². The molecule has 27 heavy (non-hydrogen) atoms. The second kappa shape index (κ2) is 12.8. The summed E-state index contributed by atoms with van der Waals surface area (Å²) in [6, 6.07) is 8.94. The van der Waals surface area contributed by atoms with Crippen LogP contribution in [0.1, 0.15) is 11.1 Å². The number of phenols is 2. The number of carbonyl (C=O) groups is 2. The van der Waals surface area contributed by atoms with Gasteiger partial charge in [-0.2, -0.15) is 0 Å². The van der Waals surface area contributed by atoms with Gasteiger partial charge in [0.15, 0.2) is 0 Å². The van der Waals surface area contributed by atoms with Crippen LogP contribution in [0.2, 0.25) is 10.0 Å². The summed E-state index contributed by atoms with van der Waals surface area (Å²) >= 11 is 11.2. The number of hydrogen-bond acceptors (Lipinski definition) is 6. The molecule has 0 spiro atoms. The molecule has 2 aromatic rings. The number of methoxy groups -OCH3 is 1. The van der Waals surface area contributed by atoms with E-state index in [9.17, 15) is 9.59 Å². The molecular weight excluding hydrogens is 399 g/mol. The highest BCUT2D eigenvalue weighted by molar-refractivity contribution is 6.32. The fourth-order valence-electron chi connectivity index (χ4n) is 1.73. The zero-order valence-electron chi connectivity index (χ0n) is 14.6. The van der Waals surface area contributed by atoms with Gasteiger partial charge in [0, 0.05) is 7.11 Å². The molecule has 4 N–H and O–H groups in total. The number of phenolic OH excluding ortho intramolecular Hbond substituents is 2. The lowest BCUT2D eigenvalue weighted by Gasteiger charge is -2.01. The first-order valence-corrected chi connectivity index (χ1v) is 8.16. The van der Waals surface area contributed by atoms with Gasteiger partial charge in [0.2, 0.25) is 0 Å².